The summed E-state index contributed by atoms with van der Waals surface area (Å²) < 4.78 is 0.337. The Bertz CT molecular complexity index is 205. The minimum Gasteiger partial charge on any atom is -0.465 e. The molecular weight excluding hydrogens is 197 g/mol. The van der Waals surface area contributed by atoms with Gasteiger partial charge in [0.05, 0.1) is 5.88 Å². The van der Waals surface area contributed by atoms with Crippen LogP contribution in [0, 0.1) is 0 Å². The maximum absolute atomic E-state index is 10.3. The summed E-state index contributed by atoms with van der Waals surface area (Å²) in [5.74, 6) is 0.285. The Morgan fingerprint density at radius 3 is 2.50 bits per heavy atom. The van der Waals surface area contributed by atoms with E-state index in [2.05, 4.69) is 0 Å². The Morgan fingerprint density at radius 1 is 1.70 bits per heavy atom. The second-order valence-corrected chi connectivity index (χ2v) is 3.46. The molecule has 1 amide bonds. The summed E-state index contributed by atoms with van der Waals surface area (Å²) in [6.45, 7) is 0. The maximum atomic E-state index is 10.3. The number of carbonyl (C=O) groups is 1. The molecule has 0 saturated carbocycles. The third-order valence-electron chi connectivity index (χ3n) is 0.950. The van der Waals surface area contributed by atoms with Gasteiger partial charge >= 0.3 is 6.09 Å². The summed E-state index contributed by atoms with van der Waals surface area (Å²) in [7, 11) is 0. The lowest BCUT2D eigenvalue weighted by atomic mass is 10.8. The van der Waals surface area contributed by atoms with Gasteiger partial charge in [0.15, 0.2) is 0 Å². The predicted octanol–water partition coefficient (Wildman–Crippen LogP) is 2.27. The van der Waals surface area contributed by atoms with E-state index in [0.29, 0.717) is 4.36 Å². The van der Waals surface area contributed by atoms with Crippen LogP contribution in [0.2, 0.25) is 0 Å². The van der Waals surface area contributed by atoms with Crippen molar-refractivity contribution in [2.45, 2.75) is 0 Å². The zero-order valence-corrected chi connectivity index (χ0v) is 7.00. The van der Waals surface area contributed by atoms with Crippen LogP contribution in [0.4, 0.5) is 4.79 Å². The first-order valence-electron chi connectivity index (χ1n) is 2.31. The van der Waals surface area contributed by atoms with E-state index in [4.69, 9.17) is 28.3 Å². The number of amides is 1. The van der Waals surface area contributed by atoms with Gasteiger partial charge in [0.1, 0.15) is 9.52 Å². The van der Waals surface area contributed by atoms with Crippen LogP contribution in [0.15, 0.2) is 9.52 Å². The summed E-state index contributed by atoms with van der Waals surface area (Å²) >= 11 is 12.2. The highest BCUT2D eigenvalue weighted by Gasteiger charge is 2.25. The van der Waals surface area contributed by atoms with E-state index in [1.165, 1.54) is 11.8 Å². The molecule has 0 aromatic heterocycles. The fourth-order valence-electron chi connectivity index (χ4n) is 0.483. The van der Waals surface area contributed by atoms with Crippen molar-refractivity contribution in [3.8, 4) is 0 Å². The first kappa shape index (κ1) is 8.04. The smallest absolute Gasteiger partial charge is 0.413 e. The molecule has 6 heteroatoms. The molecule has 0 spiro atoms. The van der Waals surface area contributed by atoms with Crippen LogP contribution in [0.25, 0.3) is 0 Å². The summed E-state index contributed by atoms with van der Waals surface area (Å²) in [5, 5.41) is 8.53. The fourth-order valence-corrected chi connectivity index (χ4v) is 1.81. The van der Waals surface area contributed by atoms with Crippen LogP contribution < -0.4 is 0 Å². The van der Waals surface area contributed by atoms with Crippen molar-refractivity contribution < 1.29 is 9.90 Å². The molecule has 1 N–H and O–H groups in total. The van der Waals surface area contributed by atoms with Gasteiger partial charge in [-0.25, -0.2) is 4.79 Å². The van der Waals surface area contributed by atoms with E-state index >= 15 is 0 Å². The fraction of sp³-hybridized carbons (Fsp3) is 0.250. The average molecular weight is 200 g/mol. The van der Waals surface area contributed by atoms with Gasteiger partial charge in [-0.15, -0.1) is 0 Å². The first-order valence-corrected chi connectivity index (χ1v) is 4.05. The summed E-state index contributed by atoms with van der Waals surface area (Å²) in [4.78, 5) is 11.3. The lowest BCUT2D eigenvalue weighted by Gasteiger charge is -2.08. The maximum Gasteiger partial charge on any atom is 0.413 e. The molecule has 1 aliphatic rings. The first-order chi connectivity index (χ1) is 4.63. The molecular formula is C4H3Cl2NO2S. The molecule has 0 saturated heterocycles. The number of halogens is 2. The molecule has 3 nitrogen and oxygen atoms in total. The molecule has 0 radical (unpaired) electrons. The largest absolute Gasteiger partial charge is 0.465 e. The van der Waals surface area contributed by atoms with E-state index in [-0.39, 0.29) is 11.0 Å². The zero-order chi connectivity index (χ0) is 7.72. The highest BCUT2D eigenvalue weighted by Crippen LogP contribution is 2.36. The molecule has 0 fully saturated rings. The zero-order valence-electron chi connectivity index (χ0n) is 4.67. The topological polar surface area (TPSA) is 40.5 Å². The van der Waals surface area contributed by atoms with E-state index < -0.39 is 6.09 Å². The number of hydrogen-bond acceptors (Lipinski definition) is 2. The number of carboxylic acid groups (broad SMARTS) is 1. The Kier molecular flexibility index (Phi) is 2.33. The molecule has 10 heavy (non-hydrogen) atoms. The van der Waals surface area contributed by atoms with Gasteiger partial charge in [-0.05, 0) is 0 Å². The van der Waals surface area contributed by atoms with E-state index in [1.807, 2.05) is 0 Å². The van der Waals surface area contributed by atoms with Crippen molar-refractivity contribution in [3.05, 3.63) is 9.52 Å². The van der Waals surface area contributed by atoms with Gasteiger partial charge in [-0.3, -0.25) is 4.90 Å². The van der Waals surface area contributed by atoms with Gasteiger partial charge in [0, 0.05) is 0 Å². The van der Waals surface area contributed by atoms with E-state index in [1.54, 1.807) is 0 Å². The molecule has 0 atom stereocenters. The number of nitrogens with zero attached hydrogens (tertiary/aromatic N) is 1. The van der Waals surface area contributed by atoms with Crippen LogP contribution in [0.3, 0.4) is 0 Å². The number of thioether (sulfide) groups is 1. The van der Waals surface area contributed by atoms with Gasteiger partial charge < -0.3 is 5.11 Å². The number of rotatable bonds is 0. The highest BCUT2D eigenvalue weighted by atomic mass is 35.5. The Balaban J connectivity index is 2.77. The number of hydrogen-bond donors (Lipinski definition) is 1. The molecule has 1 rings (SSSR count). The van der Waals surface area contributed by atoms with E-state index in [9.17, 15) is 4.79 Å². The Labute approximate surface area is 71.6 Å². The van der Waals surface area contributed by atoms with Crippen molar-refractivity contribution in [2.24, 2.45) is 0 Å². The Morgan fingerprint density at radius 2 is 2.30 bits per heavy atom. The van der Waals surface area contributed by atoms with Crippen molar-refractivity contribution >= 4 is 41.1 Å². The molecule has 0 unspecified atom stereocenters. The van der Waals surface area contributed by atoms with Crippen LogP contribution in [-0.2, 0) is 0 Å². The monoisotopic (exact) mass is 199 g/mol. The van der Waals surface area contributed by atoms with Gasteiger partial charge in [-0.2, -0.15) is 0 Å². The lowest BCUT2D eigenvalue weighted by Crippen LogP contribution is -2.22. The standard InChI is InChI=1S/C4H3Cl2NO2S/c5-2-3(6)10-1-7(2)4(8)9/h1H2,(H,8,9). The van der Waals surface area contributed by atoms with Crippen molar-refractivity contribution in [1.29, 1.82) is 0 Å². The lowest BCUT2D eigenvalue weighted by molar-refractivity contribution is 0.168. The molecule has 0 aromatic rings. The molecule has 1 aliphatic heterocycles. The quantitative estimate of drug-likeness (QED) is 0.609. The van der Waals surface area contributed by atoms with Crippen LogP contribution in [0.5, 0.6) is 0 Å². The average Bonchev–Trinajstić information content (AvgIpc) is 2.14. The van der Waals surface area contributed by atoms with Gasteiger partial charge in [-0.1, -0.05) is 35.0 Å². The minimum atomic E-state index is -1.08. The van der Waals surface area contributed by atoms with Crippen LogP contribution in [0.1, 0.15) is 0 Å². The molecule has 0 aliphatic carbocycles. The summed E-state index contributed by atoms with van der Waals surface area (Å²) in [5.41, 5.74) is 0. The molecule has 56 valence electrons. The second kappa shape index (κ2) is 2.90. The second-order valence-electron chi connectivity index (χ2n) is 1.55. The summed E-state index contributed by atoms with van der Waals surface area (Å²) in [6.07, 6.45) is -1.08. The van der Waals surface area contributed by atoms with Gasteiger partial charge in [0.25, 0.3) is 0 Å². The van der Waals surface area contributed by atoms with Crippen LogP contribution >= 0.6 is 35.0 Å². The van der Waals surface area contributed by atoms with E-state index in [0.717, 1.165) is 4.90 Å². The Hall–Kier alpha value is -0.0600. The van der Waals surface area contributed by atoms with Gasteiger partial charge in [0.2, 0.25) is 0 Å². The molecule has 0 bridgehead atoms. The van der Waals surface area contributed by atoms with Crippen LogP contribution in [-0.4, -0.2) is 22.0 Å². The predicted molar refractivity (Wildman–Crippen MR) is 41.1 cm³/mol. The highest BCUT2D eigenvalue weighted by molar-refractivity contribution is 8.04. The van der Waals surface area contributed by atoms with Crippen molar-refractivity contribution in [3.63, 3.8) is 0 Å². The summed E-state index contributed by atoms with van der Waals surface area (Å²) in [6, 6.07) is 0. The minimum absolute atomic E-state index is 0.0965. The van der Waals surface area contributed by atoms with Crippen molar-refractivity contribution in [1.82, 2.24) is 4.90 Å². The SMILES string of the molecule is O=C(O)N1CSC(Cl)=C1Cl. The molecule has 0 aromatic carbocycles. The third-order valence-corrected chi connectivity index (χ3v) is 2.89. The molecule has 1 heterocycles. The van der Waals surface area contributed by atoms with Crippen molar-refractivity contribution in [2.75, 3.05) is 5.88 Å². The normalized spacial score (nSPS) is 18.4. The third kappa shape index (κ3) is 1.33.